The quantitative estimate of drug-likeness (QED) is 0.351. The molecule has 0 radical (unpaired) electrons. The van der Waals surface area contributed by atoms with Gasteiger partial charge in [-0.25, -0.2) is 4.79 Å². The van der Waals surface area contributed by atoms with Gasteiger partial charge in [0.1, 0.15) is 0 Å². The number of rotatable bonds is 4. The van der Waals surface area contributed by atoms with Gasteiger partial charge in [0, 0.05) is 61.4 Å². The van der Waals surface area contributed by atoms with Crippen LogP contribution in [0.25, 0.3) is 22.0 Å². The van der Waals surface area contributed by atoms with Gasteiger partial charge in [-0.2, -0.15) is 0 Å². The van der Waals surface area contributed by atoms with E-state index in [2.05, 4.69) is 47.4 Å². The molecule has 5 rings (SSSR count). The number of ether oxygens (including phenoxy) is 2. The van der Waals surface area contributed by atoms with E-state index in [0.29, 0.717) is 23.3 Å². The minimum absolute atomic E-state index is 0.0550. The maximum atomic E-state index is 13.1. The third kappa shape index (κ3) is 3.19. The van der Waals surface area contributed by atoms with Crippen LogP contribution in [0.2, 0.25) is 0 Å². The lowest BCUT2D eigenvalue weighted by Gasteiger charge is -2.13. The molecule has 0 saturated carbocycles. The van der Waals surface area contributed by atoms with Crippen LogP contribution in [0.3, 0.4) is 0 Å². The summed E-state index contributed by atoms with van der Waals surface area (Å²) in [5, 5.41) is 1.07. The monoisotopic (exact) mass is 428 g/mol. The van der Waals surface area contributed by atoms with E-state index in [9.17, 15) is 9.59 Å². The number of Topliss-reactive ketones (excluding diaryl/α,β-unsaturated/α-hetero) is 1. The van der Waals surface area contributed by atoms with Crippen molar-refractivity contribution >= 4 is 28.3 Å². The van der Waals surface area contributed by atoms with Gasteiger partial charge in [0.25, 0.3) is 6.29 Å². The van der Waals surface area contributed by atoms with Crippen molar-refractivity contribution in [1.29, 1.82) is 0 Å². The molecule has 1 aliphatic heterocycles. The second kappa shape index (κ2) is 7.41. The molecule has 0 amide bonds. The van der Waals surface area contributed by atoms with Crippen molar-refractivity contribution in [3.63, 3.8) is 0 Å². The summed E-state index contributed by atoms with van der Waals surface area (Å²) in [6.07, 6.45) is 2.75. The average molecular weight is 428 g/mol. The Morgan fingerprint density at radius 2 is 1.81 bits per heavy atom. The highest BCUT2D eigenvalue weighted by molar-refractivity contribution is 6.16. The van der Waals surface area contributed by atoms with E-state index in [0.717, 1.165) is 33.3 Å². The van der Waals surface area contributed by atoms with E-state index < -0.39 is 12.3 Å². The molecular formula is C26H24N2O4. The van der Waals surface area contributed by atoms with E-state index in [-0.39, 0.29) is 5.78 Å². The number of benzene rings is 2. The molecule has 2 aliphatic rings. The molecule has 0 saturated heterocycles. The molecule has 1 atom stereocenters. The Hall–Kier alpha value is -3.80. The molecule has 0 spiro atoms. The summed E-state index contributed by atoms with van der Waals surface area (Å²) in [6, 6.07) is 14.7. The van der Waals surface area contributed by atoms with Gasteiger partial charge in [0.05, 0.1) is 12.0 Å². The van der Waals surface area contributed by atoms with Crippen molar-refractivity contribution in [3.8, 4) is 11.1 Å². The third-order valence-corrected chi connectivity index (χ3v) is 6.17. The average Bonchev–Trinajstić information content (AvgIpc) is 3.38. The van der Waals surface area contributed by atoms with E-state index in [1.165, 1.54) is 6.26 Å². The minimum atomic E-state index is -0.778. The van der Waals surface area contributed by atoms with Crippen LogP contribution in [0.15, 0.2) is 65.9 Å². The molecule has 0 unspecified atom stereocenters. The molecule has 2 aromatic carbocycles. The van der Waals surface area contributed by atoms with Crippen molar-refractivity contribution in [1.82, 2.24) is 4.57 Å². The first-order valence-electron chi connectivity index (χ1n) is 10.5. The second-order valence-electron chi connectivity index (χ2n) is 8.47. The first-order chi connectivity index (χ1) is 15.3. The standard InChI is InChI=1S/C26H24N2O4/c1-15-11-23(32-26(15)30)31-14-18-13-21-20-12-17(16-5-8-19(9-6-16)27(2)3)7-10-22(20)28(4)24(21)25(18)29/h5-12,14,23H,13H2,1-4H3/b18-14+/t23-/m1/s1. The molecule has 1 aliphatic carbocycles. The smallest absolute Gasteiger partial charge is 0.336 e. The van der Waals surface area contributed by atoms with Crippen LogP contribution in [0, 0.1) is 0 Å². The van der Waals surface area contributed by atoms with Gasteiger partial charge >= 0.3 is 5.97 Å². The molecular weight excluding hydrogens is 404 g/mol. The number of esters is 1. The summed E-state index contributed by atoms with van der Waals surface area (Å²) in [5.74, 6) is -0.452. The van der Waals surface area contributed by atoms with Crippen LogP contribution >= 0.6 is 0 Å². The SMILES string of the molecule is CC1=C[C@H](O/C=C2\Cc3c(n(C)c4ccc(-c5ccc(N(C)C)cc5)cc34)C2=O)OC1=O. The Morgan fingerprint density at radius 3 is 2.47 bits per heavy atom. The Balaban J connectivity index is 1.47. The van der Waals surface area contributed by atoms with E-state index in [1.54, 1.807) is 13.0 Å². The summed E-state index contributed by atoms with van der Waals surface area (Å²) in [4.78, 5) is 26.7. The Morgan fingerprint density at radius 1 is 1.09 bits per heavy atom. The van der Waals surface area contributed by atoms with Crippen LogP contribution in [-0.4, -0.2) is 36.7 Å². The molecule has 1 aromatic heterocycles. The summed E-state index contributed by atoms with van der Waals surface area (Å²) in [7, 11) is 5.96. The van der Waals surface area contributed by atoms with Gasteiger partial charge in [0.2, 0.25) is 5.78 Å². The van der Waals surface area contributed by atoms with Crippen molar-refractivity contribution in [3.05, 3.63) is 77.2 Å². The number of hydrogen-bond donors (Lipinski definition) is 0. The van der Waals surface area contributed by atoms with Crippen molar-refractivity contribution in [2.75, 3.05) is 19.0 Å². The van der Waals surface area contributed by atoms with Gasteiger partial charge < -0.3 is 18.9 Å². The van der Waals surface area contributed by atoms with E-state index in [4.69, 9.17) is 9.47 Å². The number of aryl methyl sites for hydroxylation is 1. The fourth-order valence-electron chi connectivity index (χ4n) is 4.36. The van der Waals surface area contributed by atoms with Gasteiger partial charge in [0.15, 0.2) is 0 Å². The van der Waals surface area contributed by atoms with Gasteiger partial charge in [-0.1, -0.05) is 18.2 Å². The van der Waals surface area contributed by atoms with Crippen LogP contribution in [-0.2, 0) is 27.7 Å². The topological polar surface area (TPSA) is 60.8 Å². The van der Waals surface area contributed by atoms with Crippen molar-refractivity contribution < 1.29 is 19.1 Å². The summed E-state index contributed by atoms with van der Waals surface area (Å²) in [6.45, 7) is 1.67. The molecule has 0 N–H and O–H groups in total. The first-order valence-corrected chi connectivity index (χ1v) is 10.5. The number of carbonyl (C=O) groups is 2. The lowest BCUT2D eigenvalue weighted by Crippen LogP contribution is -2.11. The highest BCUT2D eigenvalue weighted by atomic mass is 16.7. The summed E-state index contributed by atoms with van der Waals surface area (Å²) < 4.78 is 12.6. The molecule has 6 heteroatoms. The second-order valence-corrected chi connectivity index (χ2v) is 8.47. The molecule has 32 heavy (non-hydrogen) atoms. The lowest BCUT2D eigenvalue weighted by molar-refractivity contribution is -0.152. The van der Waals surface area contributed by atoms with Crippen LogP contribution in [0.1, 0.15) is 23.0 Å². The maximum absolute atomic E-state index is 13.1. The van der Waals surface area contributed by atoms with Gasteiger partial charge in [-0.05, 0) is 47.9 Å². The lowest BCUT2D eigenvalue weighted by atomic mass is 10.0. The van der Waals surface area contributed by atoms with Crippen LogP contribution in [0.5, 0.6) is 0 Å². The molecule has 2 heterocycles. The molecule has 162 valence electrons. The van der Waals surface area contributed by atoms with Gasteiger partial charge in [-0.15, -0.1) is 0 Å². The Kier molecular flexibility index (Phi) is 4.66. The number of nitrogens with zero attached hydrogens (tertiary/aromatic N) is 2. The summed E-state index contributed by atoms with van der Waals surface area (Å²) >= 11 is 0. The Labute approximate surface area is 186 Å². The highest BCUT2D eigenvalue weighted by Gasteiger charge is 2.32. The number of allylic oxidation sites excluding steroid dienone is 1. The number of fused-ring (bicyclic) bond motifs is 3. The fourth-order valence-corrected chi connectivity index (χ4v) is 4.36. The first kappa shape index (κ1) is 20.1. The molecule has 0 bridgehead atoms. The molecule has 0 fully saturated rings. The number of anilines is 1. The normalized spacial score (nSPS) is 18.8. The van der Waals surface area contributed by atoms with E-state index in [1.807, 2.05) is 25.7 Å². The predicted molar refractivity (Wildman–Crippen MR) is 124 cm³/mol. The zero-order valence-corrected chi connectivity index (χ0v) is 18.5. The Bertz CT molecular complexity index is 1330. The minimum Gasteiger partial charge on any atom is -0.458 e. The van der Waals surface area contributed by atoms with Crippen molar-refractivity contribution in [2.45, 2.75) is 19.6 Å². The van der Waals surface area contributed by atoms with Crippen molar-refractivity contribution in [2.24, 2.45) is 7.05 Å². The number of cyclic esters (lactones) is 1. The molecule has 3 aromatic rings. The predicted octanol–water partition coefficient (Wildman–Crippen LogP) is 4.38. The number of aromatic nitrogens is 1. The van der Waals surface area contributed by atoms with E-state index >= 15 is 0 Å². The highest BCUT2D eigenvalue weighted by Crippen LogP contribution is 2.37. The third-order valence-electron chi connectivity index (χ3n) is 6.17. The largest absolute Gasteiger partial charge is 0.458 e. The summed E-state index contributed by atoms with van der Waals surface area (Å²) in [5.41, 5.74) is 7.16. The zero-order valence-electron chi connectivity index (χ0n) is 18.5. The van der Waals surface area contributed by atoms with Crippen LogP contribution < -0.4 is 4.90 Å². The van der Waals surface area contributed by atoms with Crippen LogP contribution in [0.4, 0.5) is 5.69 Å². The number of ketones is 1. The number of hydrogen-bond acceptors (Lipinski definition) is 5. The number of carbonyl (C=O) groups excluding carboxylic acids is 2. The maximum Gasteiger partial charge on any atom is 0.336 e. The molecule has 6 nitrogen and oxygen atoms in total. The zero-order chi connectivity index (χ0) is 22.6. The van der Waals surface area contributed by atoms with Gasteiger partial charge in [-0.3, -0.25) is 4.79 Å². The fraction of sp³-hybridized carbons (Fsp3) is 0.231.